The molecule has 0 aromatic heterocycles. The van der Waals surface area contributed by atoms with Crippen molar-refractivity contribution in [2.45, 2.75) is 59.2 Å². The number of morpholine rings is 1. The molecule has 0 saturated carbocycles. The molecule has 0 aliphatic carbocycles. The smallest absolute Gasteiger partial charge is 0.334 e. The number of nitrogens with zero attached hydrogens (tertiary/aromatic N) is 1. The summed E-state index contributed by atoms with van der Waals surface area (Å²) in [6, 6.07) is 0.248. The molecule has 2 atom stereocenters. The molecule has 1 aliphatic rings. The zero-order valence-corrected chi connectivity index (χ0v) is 11.8. The predicted molar refractivity (Wildman–Crippen MR) is 67.1 cm³/mol. The summed E-state index contributed by atoms with van der Waals surface area (Å²) >= 11 is 0. The second-order valence-electron chi connectivity index (χ2n) is 6.87. The molecule has 100 valence electrons. The summed E-state index contributed by atoms with van der Waals surface area (Å²) < 4.78 is 5.46. The van der Waals surface area contributed by atoms with Gasteiger partial charge in [0.1, 0.15) is 0 Å². The molecule has 0 aromatic carbocycles. The highest BCUT2D eigenvalue weighted by Gasteiger charge is 2.42. The first-order valence-electron chi connectivity index (χ1n) is 6.14. The van der Waals surface area contributed by atoms with Gasteiger partial charge in [-0.3, -0.25) is 4.90 Å². The molecule has 1 aliphatic heterocycles. The van der Waals surface area contributed by atoms with Crippen LogP contribution in [0.5, 0.6) is 0 Å². The Labute approximate surface area is 104 Å². The van der Waals surface area contributed by atoms with Crippen molar-refractivity contribution in [2.75, 3.05) is 13.2 Å². The van der Waals surface area contributed by atoms with Gasteiger partial charge in [-0.1, -0.05) is 20.8 Å². The van der Waals surface area contributed by atoms with Gasteiger partial charge >= 0.3 is 5.97 Å². The van der Waals surface area contributed by atoms with E-state index in [9.17, 15) is 4.79 Å². The van der Waals surface area contributed by atoms with Crippen molar-refractivity contribution in [3.63, 3.8) is 0 Å². The van der Waals surface area contributed by atoms with Gasteiger partial charge in [0.2, 0.25) is 0 Å². The van der Waals surface area contributed by atoms with Gasteiger partial charge < -0.3 is 9.84 Å². The Bertz CT molecular complexity index is 288. The van der Waals surface area contributed by atoms with E-state index in [4.69, 9.17) is 9.84 Å². The first-order valence-corrected chi connectivity index (χ1v) is 6.14. The normalized spacial score (nSPS) is 28.1. The van der Waals surface area contributed by atoms with E-state index in [2.05, 4.69) is 46.4 Å². The Balaban J connectivity index is 2.92. The molecule has 0 bridgehead atoms. The second kappa shape index (κ2) is 4.58. The lowest BCUT2D eigenvalue weighted by Crippen LogP contribution is -2.62. The number of carboxylic acid groups (broad SMARTS) is 1. The van der Waals surface area contributed by atoms with Crippen molar-refractivity contribution in [3.05, 3.63) is 0 Å². The fraction of sp³-hybridized carbons (Fsp3) is 0.923. The van der Waals surface area contributed by atoms with Crippen molar-refractivity contribution in [1.29, 1.82) is 0 Å². The van der Waals surface area contributed by atoms with E-state index in [1.54, 1.807) is 0 Å². The van der Waals surface area contributed by atoms with E-state index in [1.165, 1.54) is 0 Å². The third-order valence-electron chi connectivity index (χ3n) is 3.33. The molecular weight excluding hydrogens is 218 g/mol. The average Bonchev–Trinajstić information content (AvgIpc) is 2.14. The second-order valence-corrected chi connectivity index (χ2v) is 6.87. The fourth-order valence-corrected chi connectivity index (χ4v) is 2.26. The monoisotopic (exact) mass is 243 g/mol. The largest absolute Gasteiger partial charge is 0.479 e. The quantitative estimate of drug-likeness (QED) is 0.765. The summed E-state index contributed by atoms with van der Waals surface area (Å²) in [4.78, 5) is 13.3. The van der Waals surface area contributed by atoms with E-state index < -0.39 is 12.1 Å². The van der Waals surface area contributed by atoms with Crippen LogP contribution in [0.3, 0.4) is 0 Å². The van der Waals surface area contributed by atoms with Gasteiger partial charge in [0.25, 0.3) is 0 Å². The van der Waals surface area contributed by atoms with Crippen molar-refractivity contribution >= 4 is 5.97 Å². The number of hydrogen-bond donors (Lipinski definition) is 1. The third kappa shape index (κ3) is 3.42. The van der Waals surface area contributed by atoms with E-state index >= 15 is 0 Å². The van der Waals surface area contributed by atoms with Gasteiger partial charge in [0, 0.05) is 18.1 Å². The van der Waals surface area contributed by atoms with Gasteiger partial charge in [0.15, 0.2) is 6.10 Å². The molecule has 0 radical (unpaired) electrons. The Morgan fingerprint density at radius 2 is 1.76 bits per heavy atom. The maximum Gasteiger partial charge on any atom is 0.334 e. The van der Waals surface area contributed by atoms with Crippen LogP contribution in [0.25, 0.3) is 0 Å². The summed E-state index contributed by atoms with van der Waals surface area (Å²) in [5.74, 6) is -0.869. The number of carbonyl (C=O) groups is 1. The van der Waals surface area contributed by atoms with Gasteiger partial charge in [-0.05, 0) is 26.2 Å². The predicted octanol–water partition coefficient (Wildman–Crippen LogP) is 1.98. The molecule has 1 rings (SSSR count). The highest BCUT2D eigenvalue weighted by atomic mass is 16.5. The summed E-state index contributed by atoms with van der Waals surface area (Å²) in [5, 5.41) is 9.06. The average molecular weight is 243 g/mol. The SMILES string of the molecule is CC(C)(C)C1COC(C(=O)O)CN1C(C)(C)C. The molecule has 2 unspecified atom stereocenters. The van der Waals surface area contributed by atoms with E-state index in [0.717, 1.165) is 0 Å². The fourth-order valence-electron chi connectivity index (χ4n) is 2.26. The lowest BCUT2D eigenvalue weighted by atomic mass is 9.82. The molecule has 17 heavy (non-hydrogen) atoms. The van der Waals surface area contributed by atoms with Crippen LogP contribution < -0.4 is 0 Å². The van der Waals surface area contributed by atoms with Crippen LogP contribution in [0.15, 0.2) is 0 Å². The number of carboxylic acids is 1. The lowest BCUT2D eigenvalue weighted by Gasteiger charge is -2.50. The van der Waals surface area contributed by atoms with Gasteiger partial charge in [-0.25, -0.2) is 4.79 Å². The topological polar surface area (TPSA) is 49.8 Å². The lowest BCUT2D eigenvalue weighted by molar-refractivity contribution is -0.170. The highest BCUT2D eigenvalue weighted by molar-refractivity contribution is 5.72. The third-order valence-corrected chi connectivity index (χ3v) is 3.33. The van der Waals surface area contributed by atoms with Crippen LogP contribution in [0.2, 0.25) is 0 Å². The molecule has 1 heterocycles. The van der Waals surface area contributed by atoms with Crippen molar-refractivity contribution < 1.29 is 14.6 Å². The minimum absolute atomic E-state index is 0.0462. The molecule has 4 nitrogen and oxygen atoms in total. The minimum Gasteiger partial charge on any atom is -0.479 e. The molecular formula is C13H25NO3. The van der Waals surface area contributed by atoms with Gasteiger partial charge in [-0.15, -0.1) is 0 Å². The molecule has 1 fully saturated rings. The molecule has 1 N–H and O–H groups in total. The zero-order chi connectivity index (χ0) is 13.4. The van der Waals surface area contributed by atoms with Crippen LogP contribution in [-0.2, 0) is 9.53 Å². The maximum atomic E-state index is 11.0. The maximum absolute atomic E-state index is 11.0. The summed E-state index contributed by atoms with van der Waals surface area (Å²) in [7, 11) is 0. The summed E-state index contributed by atoms with van der Waals surface area (Å²) in [6.45, 7) is 13.8. The van der Waals surface area contributed by atoms with Crippen LogP contribution in [0, 0.1) is 5.41 Å². The Morgan fingerprint density at radius 1 is 1.24 bits per heavy atom. The minimum atomic E-state index is -0.869. The Kier molecular flexibility index (Phi) is 3.89. The molecule has 0 spiro atoms. The van der Waals surface area contributed by atoms with Crippen LogP contribution >= 0.6 is 0 Å². The first-order chi connectivity index (χ1) is 7.53. The number of rotatable bonds is 1. The van der Waals surface area contributed by atoms with Gasteiger partial charge in [0.05, 0.1) is 6.61 Å². The highest BCUT2D eigenvalue weighted by Crippen LogP contribution is 2.33. The Morgan fingerprint density at radius 3 is 2.12 bits per heavy atom. The first kappa shape index (κ1) is 14.5. The number of aliphatic carboxylic acids is 1. The van der Waals surface area contributed by atoms with Crippen LogP contribution in [0.1, 0.15) is 41.5 Å². The van der Waals surface area contributed by atoms with E-state index in [-0.39, 0.29) is 17.0 Å². The molecule has 0 amide bonds. The molecule has 4 heteroatoms. The van der Waals surface area contributed by atoms with E-state index in [0.29, 0.717) is 13.2 Å². The molecule has 1 saturated heterocycles. The zero-order valence-electron chi connectivity index (χ0n) is 11.8. The van der Waals surface area contributed by atoms with Crippen molar-refractivity contribution in [3.8, 4) is 0 Å². The van der Waals surface area contributed by atoms with Crippen molar-refractivity contribution in [2.24, 2.45) is 5.41 Å². The number of hydrogen-bond acceptors (Lipinski definition) is 3. The van der Waals surface area contributed by atoms with Crippen LogP contribution in [-0.4, -0.2) is 46.8 Å². The molecule has 0 aromatic rings. The standard InChI is InChI=1S/C13H25NO3/c1-12(2,3)10-8-17-9(11(15)16)7-14(10)13(4,5)6/h9-10H,7-8H2,1-6H3,(H,15,16). The van der Waals surface area contributed by atoms with E-state index in [1.807, 2.05) is 0 Å². The summed E-state index contributed by atoms with van der Waals surface area (Å²) in [5.41, 5.74) is 0.0339. The Hall–Kier alpha value is -0.610. The van der Waals surface area contributed by atoms with Gasteiger partial charge in [-0.2, -0.15) is 0 Å². The summed E-state index contributed by atoms with van der Waals surface area (Å²) in [6.07, 6.45) is -0.701. The van der Waals surface area contributed by atoms with Crippen molar-refractivity contribution in [1.82, 2.24) is 4.90 Å². The van der Waals surface area contributed by atoms with Crippen LogP contribution in [0.4, 0.5) is 0 Å². The number of ether oxygens (including phenoxy) is 1.